The van der Waals surface area contributed by atoms with Crippen molar-refractivity contribution >= 4 is 22.8 Å². The van der Waals surface area contributed by atoms with E-state index in [2.05, 4.69) is 10.3 Å². The standard InChI is InChI=1S/C25H30N4O3/c1-16(2)22(28-24(30)17-10-12-19(32-3)13-11-17)25(31)29-14-6-7-18(15-29)23-26-20-8-4-5-9-21(20)27-23/h4-5,8-13,16,18,22H,6-7,14-15H2,1-3H3,(H,26,27)(H,28,30). The van der Waals surface area contributed by atoms with Gasteiger partial charge in [-0.3, -0.25) is 9.59 Å². The molecule has 1 aliphatic heterocycles. The van der Waals surface area contributed by atoms with Crippen molar-refractivity contribution in [2.75, 3.05) is 20.2 Å². The maximum Gasteiger partial charge on any atom is 0.251 e. The van der Waals surface area contributed by atoms with Gasteiger partial charge in [-0.2, -0.15) is 0 Å². The predicted octanol–water partition coefficient (Wildman–Crippen LogP) is 3.73. The molecule has 2 heterocycles. The number of piperidine rings is 1. The smallest absolute Gasteiger partial charge is 0.251 e. The minimum Gasteiger partial charge on any atom is -0.497 e. The summed E-state index contributed by atoms with van der Waals surface area (Å²) in [5.41, 5.74) is 2.46. The van der Waals surface area contributed by atoms with Crippen LogP contribution in [0, 0.1) is 5.92 Å². The van der Waals surface area contributed by atoms with Gasteiger partial charge in [-0.05, 0) is 55.2 Å². The monoisotopic (exact) mass is 434 g/mol. The van der Waals surface area contributed by atoms with Crippen LogP contribution in [0.2, 0.25) is 0 Å². The van der Waals surface area contributed by atoms with Crippen LogP contribution < -0.4 is 10.1 Å². The van der Waals surface area contributed by atoms with Crippen LogP contribution in [0.15, 0.2) is 48.5 Å². The zero-order valence-corrected chi connectivity index (χ0v) is 18.8. The molecule has 0 radical (unpaired) electrons. The average Bonchev–Trinajstić information content (AvgIpc) is 3.26. The quantitative estimate of drug-likeness (QED) is 0.619. The van der Waals surface area contributed by atoms with Gasteiger partial charge in [0.05, 0.1) is 18.1 Å². The number of ether oxygens (including phenoxy) is 1. The van der Waals surface area contributed by atoms with Crippen molar-refractivity contribution in [2.45, 2.75) is 38.6 Å². The van der Waals surface area contributed by atoms with Gasteiger partial charge in [-0.15, -0.1) is 0 Å². The van der Waals surface area contributed by atoms with E-state index in [0.717, 1.165) is 29.7 Å². The second kappa shape index (κ2) is 9.42. The molecular formula is C25H30N4O3. The number of aromatic amines is 1. The van der Waals surface area contributed by atoms with Crippen LogP contribution in [0.4, 0.5) is 0 Å². The first-order chi connectivity index (χ1) is 15.5. The fourth-order valence-corrected chi connectivity index (χ4v) is 4.24. The topological polar surface area (TPSA) is 87.3 Å². The molecule has 3 aromatic rings. The highest BCUT2D eigenvalue weighted by atomic mass is 16.5. The summed E-state index contributed by atoms with van der Waals surface area (Å²) in [5.74, 6) is 1.43. The lowest BCUT2D eigenvalue weighted by atomic mass is 9.95. The highest BCUT2D eigenvalue weighted by Crippen LogP contribution is 2.27. The van der Waals surface area contributed by atoms with Crippen LogP contribution in [-0.4, -0.2) is 52.9 Å². The summed E-state index contributed by atoms with van der Waals surface area (Å²) in [6.45, 7) is 5.20. The molecule has 2 aromatic carbocycles. The van der Waals surface area contributed by atoms with Crippen molar-refractivity contribution in [2.24, 2.45) is 5.92 Å². The van der Waals surface area contributed by atoms with Crippen LogP contribution in [-0.2, 0) is 4.79 Å². The molecule has 7 heteroatoms. The summed E-state index contributed by atoms with van der Waals surface area (Å²) >= 11 is 0. The van der Waals surface area contributed by atoms with Gasteiger partial charge in [0.15, 0.2) is 0 Å². The number of methoxy groups -OCH3 is 1. The third kappa shape index (κ3) is 4.61. The molecule has 32 heavy (non-hydrogen) atoms. The van der Waals surface area contributed by atoms with Gasteiger partial charge in [0.25, 0.3) is 5.91 Å². The number of rotatable bonds is 6. The number of nitrogens with one attached hydrogen (secondary N) is 2. The van der Waals surface area contributed by atoms with E-state index >= 15 is 0 Å². The molecule has 7 nitrogen and oxygen atoms in total. The molecule has 168 valence electrons. The van der Waals surface area contributed by atoms with Gasteiger partial charge in [-0.1, -0.05) is 26.0 Å². The van der Waals surface area contributed by atoms with Crippen molar-refractivity contribution in [3.63, 3.8) is 0 Å². The van der Waals surface area contributed by atoms with E-state index in [9.17, 15) is 9.59 Å². The predicted molar refractivity (Wildman–Crippen MR) is 124 cm³/mol. The first-order valence-electron chi connectivity index (χ1n) is 11.1. The van der Waals surface area contributed by atoms with Gasteiger partial charge < -0.3 is 19.9 Å². The fraction of sp³-hybridized carbons (Fsp3) is 0.400. The number of carbonyl (C=O) groups excluding carboxylic acids is 2. The number of H-pyrrole nitrogens is 1. The van der Waals surface area contributed by atoms with Crippen LogP contribution in [0.5, 0.6) is 5.75 Å². The molecule has 2 N–H and O–H groups in total. The number of benzene rings is 2. The number of amides is 2. The van der Waals surface area contributed by atoms with Gasteiger partial charge >= 0.3 is 0 Å². The summed E-state index contributed by atoms with van der Waals surface area (Å²) in [7, 11) is 1.58. The number of para-hydroxylation sites is 2. The maximum atomic E-state index is 13.4. The first kappa shape index (κ1) is 21.9. The van der Waals surface area contributed by atoms with Crippen molar-refractivity contribution in [3.8, 4) is 5.75 Å². The highest BCUT2D eigenvalue weighted by Gasteiger charge is 2.33. The molecular weight excluding hydrogens is 404 g/mol. The van der Waals surface area contributed by atoms with Crippen molar-refractivity contribution < 1.29 is 14.3 Å². The van der Waals surface area contributed by atoms with Gasteiger partial charge in [-0.25, -0.2) is 4.98 Å². The molecule has 1 aromatic heterocycles. The summed E-state index contributed by atoms with van der Waals surface area (Å²) in [6, 6.07) is 14.3. The number of aromatic nitrogens is 2. The van der Waals surface area contributed by atoms with Crippen molar-refractivity contribution in [3.05, 3.63) is 59.9 Å². The van der Waals surface area contributed by atoms with E-state index in [0.29, 0.717) is 24.4 Å². The van der Waals surface area contributed by atoms with Gasteiger partial charge in [0.2, 0.25) is 5.91 Å². The van der Waals surface area contributed by atoms with E-state index in [1.165, 1.54) is 0 Å². The molecule has 0 aliphatic carbocycles. The lowest BCUT2D eigenvalue weighted by Gasteiger charge is -2.35. The molecule has 1 saturated heterocycles. The van der Waals surface area contributed by atoms with E-state index in [-0.39, 0.29) is 23.7 Å². The Morgan fingerprint density at radius 1 is 1.16 bits per heavy atom. The number of hydrogen-bond donors (Lipinski definition) is 2. The summed E-state index contributed by atoms with van der Waals surface area (Å²) in [5, 5.41) is 2.95. The number of likely N-dealkylation sites (tertiary alicyclic amines) is 1. The third-order valence-electron chi connectivity index (χ3n) is 6.10. The Morgan fingerprint density at radius 3 is 2.59 bits per heavy atom. The zero-order chi connectivity index (χ0) is 22.7. The molecule has 0 bridgehead atoms. The van der Waals surface area contributed by atoms with E-state index < -0.39 is 6.04 Å². The highest BCUT2D eigenvalue weighted by molar-refractivity contribution is 5.97. The summed E-state index contributed by atoms with van der Waals surface area (Å²) < 4.78 is 5.15. The van der Waals surface area contributed by atoms with Crippen LogP contribution in [0.1, 0.15) is 48.8 Å². The minimum atomic E-state index is -0.584. The average molecular weight is 435 g/mol. The van der Waals surface area contributed by atoms with E-state index in [4.69, 9.17) is 9.72 Å². The Balaban J connectivity index is 1.46. The lowest BCUT2D eigenvalue weighted by molar-refractivity contribution is -0.135. The Bertz CT molecular complexity index is 1060. The molecule has 1 fully saturated rings. The Hall–Kier alpha value is -3.35. The number of hydrogen-bond acceptors (Lipinski definition) is 4. The Labute approximate surface area is 188 Å². The van der Waals surface area contributed by atoms with Crippen LogP contribution in [0.3, 0.4) is 0 Å². The Morgan fingerprint density at radius 2 is 1.91 bits per heavy atom. The normalized spacial score (nSPS) is 17.4. The molecule has 2 unspecified atom stereocenters. The van der Waals surface area contributed by atoms with Crippen molar-refractivity contribution in [1.82, 2.24) is 20.2 Å². The van der Waals surface area contributed by atoms with Crippen molar-refractivity contribution in [1.29, 1.82) is 0 Å². The molecule has 0 saturated carbocycles. The number of fused-ring (bicyclic) bond motifs is 1. The molecule has 1 aliphatic rings. The first-order valence-corrected chi connectivity index (χ1v) is 11.1. The molecule has 2 amide bonds. The number of carbonyl (C=O) groups is 2. The summed E-state index contributed by atoms with van der Waals surface area (Å²) in [4.78, 5) is 36.2. The number of imidazole rings is 1. The van der Waals surface area contributed by atoms with Crippen LogP contribution in [0.25, 0.3) is 11.0 Å². The maximum absolute atomic E-state index is 13.4. The Kier molecular flexibility index (Phi) is 6.44. The molecule has 2 atom stereocenters. The lowest BCUT2D eigenvalue weighted by Crippen LogP contribution is -2.53. The number of nitrogens with zero attached hydrogens (tertiary/aromatic N) is 2. The largest absolute Gasteiger partial charge is 0.497 e. The van der Waals surface area contributed by atoms with E-state index in [1.54, 1.807) is 31.4 Å². The second-order valence-electron chi connectivity index (χ2n) is 8.69. The fourth-order valence-electron chi connectivity index (χ4n) is 4.24. The molecule has 0 spiro atoms. The van der Waals surface area contributed by atoms with Gasteiger partial charge in [0, 0.05) is 24.6 Å². The second-order valence-corrected chi connectivity index (χ2v) is 8.69. The third-order valence-corrected chi connectivity index (χ3v) is 6.10. The zero-order valence-electron chi connectivity index (χ0n) is 18.8. The van der Waals surface area contributed by atoms with E-state index in [1.807, 2.05) is 43.0 Å². The summed E-state index contributed by atoms with van der Waals surface area (Å²) in [6.07, 6.45) is 1.89. The SMILES string of the molecule is COc1ccc(C(=O)NC(C(=O)N2CCCC(c3nc4ccccc4[nH]3)C2)C(C)C)cc1. The minimum absolute atomic E-state index is 0.0312. The molecule has 4 rings (SSSR count). The van der Waals surface area contributed by atoms with Crippen LogP contribution >= 0.6 is 0 Å². The van der Waals surface area contributed by atoms with Gasteiger partial charge in [0.1, 0.15) is 17.6 Å².